The van der Waals surface area contributed by atoms with Crippen molar-refractivity contribution in [1.82, 2.24) is 0 Å². The first kappa shape index (κ1) is 28.2. The summed E-state index contributed by atoms with van der Waals surface area (Å²) in [6.07, 6.45) is 29.8. The number of rotatable bonds is 23. The predicted molar refractivity (Wildman–Crippen MR) is 132 cm³/mol. The van der Waals surface area contributed by atoms with E-state index in [1.54, 1.807) is 0 Å². The van der Waals surface area contributed by atoms with Gasteiger partial charge < -0.3 is 4.57 Å². The van der Waals surface area contributed by atoms with Gasteiger partial charge in [-0.25, -0.2) is 0 Å². The fraction of sp³-hybridized carbons (Fsp3) is 1.00. The SMILES string of the molecule is CCCCCCCCCCP(=O)(CCCCCCCC)CCCCCCCC. The maximum atomic E-state index is 13.6. The summed E-state index contributed by atoms with van der Waals surface area (Å²) < 4.78 is 13.6. The zero-order chi connectivity index (χ0) is 20.8. The first-order chi connectivity index (χ1) is 13.7. The van der Waals surface area contributed by atoms with Crippen LogP contribution >= 0.6 is 7.14 Å². The molecular formula is C26H55OP. The quantitative estimate of drug-likeness (QED) is 0.120. The molecule has 0 rings (SSSR count). The largest absolute Gasteiger partial charge is 0.324 e. The Balaban J connectivity index is 4.03. The van der Waals surface area contributed by atoms with Gasteiger partial charge >= 0.3 is 0 Å². The third-order valence-corrected chi connectivity index (χ3v) is 9.65. The van der Waals surface area contributed by atoms with Crippen LogP contribution in [0.3, 0.4) is 0 Å². The van der Waals surface area contributed by atoms with E-state index in [4.69, 9.17) is 0 Å². The summed E-state index contributed by atoms with van der Waals surface area (Å²) >= 11 is 0. The lowest BCUT2D eigenvalue weighted by atomic mass is 10.1. The molecule has 28 heavy (non-hydrogen) atoms. The first-order valence-electron chi connectivity index (χ1n) is 13.3. The van der Waals surface area contributed by atoms with Gasteiger partial charge in [0.15, 0.2) is 0 Å². The molecule has 0 N–H and O–H groups in total. The Kier molecular flexibility index (Phi) is 22.1. The third-order valence-electron chi connectivity index (χ3n) is 6.26. The lowest BCUT2D eigenvalue weighted by molar-refractivity contribution is 0.553. The van der Waals surface area contributed by atoms with Gasteiger partial charge in [-0.05, 0) is 19.3 Å². The van der Waals surface area contributed by atoms with Crippen LogP contribution in [0.5, 0.6) is 0 Å². The molecule has 170 valence electrons. The highest BCUT2D eigenvalue weighted by molar-refractivity contribution is 7.63. The minimum atomic E-state index is -1.90. The van der Waals surface area contributed by atoms with E-state index in [1.165, 1.54) is 128 Å². The fourth-order valence-corrected chi connectivity index (χ4v) is 7.30. The summed E-state index contributed by atoms with van der Waals surface area (Å²) in [5.41, 5.74) is 0. The topological polar surface area (TPSA) is 17.1 Å². The van der Waals surface area contributed by atoms with Crippen molar-refractivity contribution in [3.05, 3.63) is 0 Å². The van der Waals surface area contributed by atoms with Crippen molar-refractivity contribution in [2.45, 2.75) is 149 Å². The summed E-state index contributed by atoms with van der Waals surface area (Å²) in [5.74, 6) is 0. The average Bonchev–Trinajstić information content (AvgIpc) is 2.69. The minimum Gasteiger partial charge on any atom is -0.324 e. The average molecular weight is 415 g/mol. The summed E-state index contributed by atoms with van der Waals surface area (Å²) in [7, 11) is -1.90. The zero-order valence-electron chi connectivity index (χ0n) is 20.1. The number of hydrogen-bond acceptors (Lipinski definition) is 1. The van der Waals surface area contributed by atoms with Crippen LogP contribution in [0.15, 0.2) is 0 Å². The zero-order valence-corrected chi connectivity index (χ0v) is 21.0. The Labute approximate surface area is 179 Å². The minimum absolute atomic E-state index is 1.05. The number of hydrogen-bond donors (Lipinski definition) is 0. The van der Waals surface area contributed by atoms with E-state index in [0.29, 0.717) is 0 Å². The van der Waals surface area contributed by atoms with E-state index in [-0.39, 0.29) is 0 Å². The molecule has 0 atom stereocenters. The van der Waals surface area contributed by atoms with Crippen LogP contribution in [0.4, 0.5) is 0 Å². The highest BCUT2D eigenvalue weighted by Gasteiger charge is 2.20. The van der Waals surface area contributed by atoms with Crippen LogP contribution < -0.4 is 0 Å². The Morgan fingerprint density at radius 2 is 0.571 bits per heavy atom. The third kappa shape index (κ3) is 19.5. The van der Waals surface area contributed by atoms with Gasteiger partial charge in [-0.2, -0.15) is 0 Å². The molecule has 0 unspecified atom stereocenters. The molecular weight excluding hydrogens is 359 g/mol. The Morgan fingerprint density at radius 1 is 0.357 bits per heavy atom. The molecule has 0 aromatic heterocycles. The molecule has 0 saturated heterocycles. The molecule has 0 amide bonds. The Morgan fingerprint density at radius 3 is 0.821 bits per heavy atom. The molecule has 0 aliphatic carbocycles. The summed E-state index contributed by atoms with van der Waals surface area (Å²) in [5, 5.41) is 0. The summed E-state index contributed by atoms with van der Waals surface area (Å²) in [6.45, 7) is 6.84. The highest BCUT2D eigenvalue weighted by atomic mass is 31.2. The van der Waals surface area contributed by atoms with E-state index in [1.807, 2.05) is 0 Å². The molecule has 0 bridgehead atoms. The highest BCUT2D eigenvalue weighted by Crippen LogP contribution is 2.48. The van der Waals surface area contributed by atoms with Crippen LogP contribution in [0.1, 0.15) is 149 Å². The monoisotopic (exact) mass is 414 g/mol. The Hall–Kier alpha value is 0.230. The van der Waals surface area contributed by atoms with E-state index in [0.717, 1.165) is 18.5 Å². The van der Waals surface area contributed by atoms with Crippen LogP contribution in [0, 0.1) is 0 Å². The van der Waals surface area contributed by atoms with Crippen LogP contribution in [-0.2, 0) is 4.57 Å². The lowest BCUT2D eigenvalue weighted by Gasteiger charge is -2.18. The van der Waals surface area contributed by atoms with Crippen molar-refractivity contribution in [2.75, 3.05) is 18.5 Å². The molecule has 0 fully saturated rings. The maximum Gasteiger partial charge on any atom is 0.0877 e. The molecule has 0 spiro atoms. The second kappa shape index (κ2) is 21.9. The van der Waals surface area contributed by atoms with Gasteiger partial charge in [0.2, 0.25) is 0 Å². The van der Waals surface area contributed by atoms with Gasteiger partial charge in [0.1, 0.15) is 0 Å². The molecule has 0 aromatic rings. The van der Waals surface area contributed by atoms with Crippen molar-refractivity contribution < 1.29 is 4.57 Å². The standard InChI is InChI=1S/C26H55OP/c1-4-7-10-13-16-17-20-23-26-28(27,24-21-18-14-11-8-5-2)25-22-19-15-12-9-6-3/h4-26H2,1-3H3. The molecule has 0 saturated carbocycles. The van der Waals surface area contributed by atoms with Crippen molar-refractivity contribution >= 4 is 7.14 Å². The van der Waals surface area contributed by atoms with E-state index >= 15 is 0 Å². The molecule has 0 aliphatic heterocycles. The summed E-state index contributed by atoms with van der Waals surface area (Å²) in [4.78, 5) is 0. The number of unbranched alkanes of at least 4 members (excludes halogenated alkanes) is 17. The Bertz CT molecular complexity index is 319. The van der Waals surface area contributed by atoms with Crippen molar-refractivity contribution in [2.24, 2.45) is 0 Å². The van der Waals surface area contributed by atoms with Crippen molar-refractivity contribution in [3.8, 4) is 0 Å². The fourth-order valence-electron chi connectivity index (χ4n) is 4.23. The van der Waals surface area contributed by atoms with Crippen molar-refractivity contribution in [3.63, 3.8) is 0 Å². The molecule has 2 heteroatoms. The second-order valence-corrected chi connectivity index (χ2v) is 12.7. The lowest BCUT2D eigenvalue weighted by Crippen LogP contribution is -2.02. The van der Waals surface area contributed by atoms with Gasteiger partial charge in [0.05, 0.1) is 7.14 Å². The van der Waals surface area contributed by atoms with Crippen molar-refractivity contribution in [1.29, 1.82) is 0 Å². The van der Waals surface area contributed by atoms with E-state index in [9.17, 15) is 4.57 Å². The van der Waals surface area contributed by atoms with Crippen LogP contribution in [-0.4, -0.2) is 18.5 Å². The molecule has 0 aliphatic rings. The molecule has 0 heterocycles. The second-order valence-electron chi connectivity index (χ2n) is 9.24. The first-order valence-corrected chi connectivity index (χ1v) is 15.5. The van der Waals surface area contributed by atoms with Crippen LogP contribution in [0.25, 0.3) is 0 Å². The summed E-state index contributed by atoms with van der Waals surface area (Å²) in [6, 6.07) is 0. The molecule has 0 radical (unpaired) electrons. The van der Waals surface area contributed by atoms with Gasteiger partial charge in [-0.3, -0.25) is 0 Å². The smallest absolute Gasteiger partial charge is 0.0877 e. The van der Waals surface area contributed by atoms with Gasteiger partial charge in [-0.15, -0.1) is 0 Å². The van der Waals surface area contributed by atoms with Gasteiger partial charge in [-0.1, -0.05) is 130 Å². The van der Waals surface area contributed by atoms with E-state index < -0.39 is 7.14 Å². The maximum absolute atomic E-state index is 13.6. The van der Waals surface area contributed by atoms with Crippen LogP contribution in [0.2, 0.25) is 0 Å². The van der Waals surface area contributed by atoms with Gasteiger partial charge in [0.25, 0.3) is 0 Å². The normalized spacial score (nSPS) is 12.0. The predicted octanol–water partition coefficient (Wildman–Crippen LogP) is 10.2. The molecule has 0 aromatic carbocycles. The van der Waals surface area contributed by atoms with E-state index in [2.05, 4.69) is 20.8 Å². The van der Waals surface area contributed by atoms with Gasteiger partial charge in [0, 0.05) is 18.5 Å². The molecule has 1 nitrogen and oxygen atoms in total.